The first-order valence-corrected chi connectivity index (χ1v) is 6.93. The predicted octanol–water partition coefficient (Wildman–Crippen LogP) is 2.96. The summed E-state index contributed by atoms with van der Waals surface area (Å²) >= 11 is 0. The van der Waals surface area contributed by atoms with Crippen molar-refractivity contribution in [1.29, 1.82) is 0 Å². The van der Waals surface area contributed by atoms with Gasteiger partial charge in [0, 0.05) is 25.8 Å². The summed E-state index contributed by atoms with van der Waals surface area (Å²) in [5.41, 5.74) is 1.82. The van der Waals surface area contributed by atoms with Crippen LogP contribution in [0.1, 0.15) is 51.6 Å². The van der Waals surface area contributed by atoms with Crippen molar-refractivity contribution < 1.29 is 0 Å². The van der Waals surface area contributed by atoms with Gasteiger partial charge < -0.3 is 9.88 Å². The molecule has 3 nitrogen and oxygen atoms in total. The molecule has 0 aliphatic heterocycles. The summed E-state index contributed by atoms with van der Waals surface area (Å²) in [5, 5.41) is 3.61. The first-order chi connectivity index (χ1) is 8.23. The van der Waals surface area contributed by atoms with Gasteiger partial charge in [-0.1, -0.05) is 26.2 Å². The van der Waals surface area contributed by atoms with Crippen LogP contribution in [0.25, 0.3) is 0 Å². The molecule has 1 heterocycles. The van der Waals surface area contributed by atoms with Crippen molar-refractivity contribution in [2.24, 2.45) is 5.41 Å². The zero-order chi connectivity index (χ0) is 12.1. The van der Waals surface area contributed by atoms with Crippen LogP contribution < -0.4 is 5.32 Å². The maximum Gasteiger partial charge on any atom is 0.0948 e. The SMILES string of the molecule is CCn1cncc1CNCC1(C)CCCCC1. The number of rotatable bonds is 5. The molecule has 2 rings (SSSR count). The van der Waals surface area contributed by atoms with E-state index >= 15 is 0 Å². The maximum absolute atomic E-state index is 4.20. The van der Waals surface area contributed by atoms with Crippen LogP contribution in [-0.2, 0) is 13.1 Å². The standard InChI is InChI=1S/C14H25N3/c1-3-17-12-16-10-13(17)9-15-11-14(2)7-5-4-6-8-14/h10,12,15H,3-9,11H2,1-2H3. The number of aryl methyl sites for hydroxylation is 1. The Balaban J connectivity index is 1.79. The molecule has 0 amide bonds. The van der Waals surface area contributed by atoms with Gasteiger partial charge in [-0.15, -0.1) is 0 Å². The van der Waals surface area contributed by atoms with Gasteiger partial charge in [-0.25, -0.2) is 4.98 Å². The highest BCUT2D eigenvalue weighted by Gasteiger charge is 2.26. The van der Waals surface area contributed by atoms with E-state index in [1.165, 1.54) is 37.8 Å². The summed E-state index contributed by atoms with van der Waals surface area (Å²) in [6.45, 7) is 7.68. The Kier molecular flexibility index (Phi) is 4.21. The third-order valence-electron chi connectivity index (χ3n) is 4.06. The monoisotopic (exact) mass is 235 g/mol. The highest BCUT2D eigenvalue weighted by Crippen LogP contribution is 2.34. The Hall–Kier alpha value is -0.830. The highest BCUT2D eigenvalue weighted by atomic mass is 15.1. The van der Waals surface area contributed by atoms with Crippen molar-refractivity contribution in [2.45, 2.75) is 59.0 Å². The van der Waals surface area contributed by atoms with E-state index in [1.54, 1.807) is 0 Å². The molecule has 1 N–H and O–H groups in total. The van der Waals surface area contributed by atoms with Crippen LogP contribution in [0, 0.1) is 5.41 Å². The lowest BCUT2D eigenvalue weighted by Gasteiger charge is -2.33. The molecule has 0 saturated heterocycles. The smallest absolute Gasteiger partial charge is 0.0948 e. The first-order valence-electron chi connectivity index (χ1n) is 6.93. The fourth-order valence-electron chi connectivity index (χ4n) is 2.85. The normalized spacial score (nSPS) is 19.4. The van der Waals surface area contributed by atoms with Gasteiger partial charge in [0.1, 0.15) is 0 Å². The molecule has 3 heteroatoms. The third kappa shape index (κ3) is 3.32. The fraction of sp³-hybridized carbons (Fsp3) is 0.786. The van der Waals surface area contributed by atoms with E-state index in [-0.39, 0.29) is 0 Å². The van der Waals surface area contributed by atoms with Crippen LogP contribution in [0.5, 0.6) is 0 Å². The highest BCUT2D eigenvalue weighted by molar-refractivity contribution is 4.98. The Morgan fingerprint density at radius 1 is 1.35 bits per heavy atom. The summed E-state index contributed by atoms with van der Waals surface area (Å²) < 4.78 is 2.20. The Bertz CT molecular complexity index is 337. The van der Waals surface area contributed by atoms with E-state index < -0.39 is 0 Å². The number of hydrogen-bond donors (Lipinski definition) is 1. The quantitative estimate of drug-likeness (QED) is 0.850. The minimum absolute atomic E-state index is 0.523. The summed E-state index contributed by atoms with van der Waals surface area (Å²) in [6, 6.07) is 0. The topological polar surface area (TPSA) is 29.9 Å². The van der Waals surface area contributed by atoms with E-state index in [0.717, 1.165) is 19.6 Å². The minimum Gasteiger partial charge on any atom is -0.334 e. The summed E-state index contributed by atoms with van der Waals surface area (Å²) in [5.74, 6) is 0. The second kappa shape index (κ2) is 5.67. The maximum atomic E-state index is 4.20. The van der Waals surface area contributed by atoms with Crippen LogP contribution in [0.4, 0.5) is 0 Å². The lowest BCUT2D eigenvalue weighted by atomic mass is 9.76. The van der Waals surface area contributed by atoms with Crippen molar-refractivity contribution in [3.63, 3.8) is 0 Å². The van der Waals surface area contributed by atoms with Gasteiger partial charge in [-0.3, -0.25) is 0 Å². The second-order valence-corrected chi connectivity index (χ2v) is 5.65. The van der Waals surface area contributed by atoms with Gasteiger partial charge in [0.05, 0.1) is 12.0 Å². The third-order valence-corrected chi connectivity index (χ3v) is 4.06. The Morgan fingerprint density at radius 3 is 2.82 bits per heavy atom. The van der Waals surface area contributed by atoms with E-state index in [1.807, 2.05) is 12.5 Å². The lowest BCUT2D eigenvalue weighted by Crippen LogP contribution is -2.33. The van der Waals surface area contributed by atoms with Gasteiger partial charge in [-0.2, -0.15) is 0 Å². The Labute approximate surface area is 105 Å². The van der Waals surface area contributed by atoms with Crippen molar-refractivity contribution in [3.8, 4) is 0 Å². The largest absolute Gasteiger partial charge is 0.334 e. The van der Waals surface area contributed by atoms with Crippen LogP contribution in [0.3, 0.4) is 0 Å². The van der Waals surface area contributed by atoms with Crippen molar-refractivity contribution in [2.75, 3.05) is 6.54 Å². The molecule has 0 radical (unpaired) electrons. The van der Waals surface area contributed by atoms with E-state index in [9.17, 15) is 0 Å². The molecule has 1 aromatic rings. The van der Waals surface area contributed by atoms with Crippen molar-refractivity contribution in [3.05, 3.63) is 18.2 Å². The molecular weight excluding hydrogens is 210 g/mol. The van der Waals surface area contributed by atoms with Gasteiger partial charge in [0.25, 0.3) is 0 Å². The molecule has 0 aromatic carbocycles. The predicted molar refractivity (Wildman–Crippen MR) is 70.8 cm³/mol. The summed E-state index contributed by atoms with van der Waals surface area (Å²) in [7, 11) is 0. The molecule has 1 aliphatic rings. The van der Waals surface area contributed by atoms with E-state index in [4.69, 9.17) is 0 Å². The molecule has 17 heavy (non-hydrogen) atoms. The zero-order valence-corrected chi connectivity index (χ0v) is 11.2. The average molecular weight is 235 g/mol. The van der Waals surface area contributed by atoms with E-state index in [2.05, 4.69) is 28.7 Å². The minimum atomic E-state index is 0.523. The zero-order valence-electron chi connectivity index (χ0n) is 11.2. The van der Waals surface area contributed by atoms with Crippen LogP contribution in [-0.4, -0.2) is 16.1 Å². The lowest BCUT2D eigenvalue weighted by molar-refractivity contribution is 0.207. The molecule has 1 aliphatic carbocycles. The molecule has 1 saturated carbocycles. The summed E-state index contributed by atoms with van der Waals surface area (Å²) in [6.07, 6.45) is 10.9. The molecular formula is C14H25N3. The van der Waals surface area contributed by atoms with Gasteiger partial charge in [0.2, 0.25) is 0 Å². The Morgan fingerprint density at radius 2 is 2.12 bits per heavy atom. The van der Waals surface area contributed by atoms with Crippen molar-refractivity contribution in [1.82, 2.24) is 14.9 Å². The second-order valence-electron chi connectivity index (χ2n) is 5.65. The van der Waals surface area contributed by atoms with Crippen LogP contribution in [0.15, 0.2) is 12.5 Å². The number of imidazole rings is 1. The first kappa shape index (κ1) is 12.6. The van der Waals surface area contributed by atoms with Gasteiger partial charge >= 0.3 is 0 Å². The summed E-state index contributed by atoms with van der Waals surface area (Å²) in [4.78, 5) is 4.20. The number of aromatic nitrogens is 2. The van der Waals surface area contributed by atoms with Gasteiger partial charge in [0.15, 0.2) is 0 Å². The molecule has 1 aromatic heterocycles. The van der Waals surface area contributed by atoms with Crippen LogP contribution in [0.2, 0.25) is 0 Å². The number of hydrogen-bond acceptors (Lipinski definition) is 2. The fourth-order valence-corrected chi connectivity index (χ4v) is 2.85. The molecule has 0 spiro atoms. The molecule has 0 atom stereocenters. The molecule has 0 bridgehead atoms. The van der Waals surface area contributed by atoms with Gasteiger partial charge in [-0.05, 0) is 25.2 Å². The molecule has 96 valence electrons. The van der Waals surface area contributed by atoms with Crippen LogP contribution >= 0.6 is 0 Å². The average Bonchev–Trinajstić information content (AvgIpc) is 2.77. The number of nitrogens with zero attached hydrogens (tertiary/aromatic N) is 2. The molecule has 0 unspecified atom stereocenters. The number of nitrogens with one attached hydrogen (secondary N) is 1. The molecule has 1 fully saturated rings. The van der Waals surface area contributed by atoms with E-state index in [0.29, 0.717) is 5.41 Å². The van der Waals surface area contributed by atoms with Crippen molar-refractivity contribution >= 4 is 0 Å².